The first-order valence-corrected chi connectivity index (χ1v) is 7.88. The fraction of sp³-hybridized carbons (Fsp3) is 0.200. The highest BCUT2D eigenvalue weighted by Gasteiger charge is 2.30. The predicted molar refractivity (Wildman–Crippen MR) is 94.7 cm³/mol. The number of hydrogen-bond acceptors (Lipinski definition) is 3. The van der Waals surface area contributed by atoms with Crippen molar-refractivity contribution in [1.29, 1.82) is 0 Å². The normalized spacial score (nSPS) is 18.2. The molecule has 3 aromatic carbocycles. The molecule has 4 rings (SSSR count). The largest absolute Gasteiger partial charge is 0.508 e. The zero-order chi connectivity index (χ0) is 16.0. The summed E-state index contributed by atoms with van der Waals surface area (Å²) < 4.78 is 0. The molecule has 0 fully saturated rings. The Hall–Kier alpha value is -2.52. The lowest BCUT2D eigenvalue weighted by atomic mass is 9.98. The van der Waals surface area contributed by atoms with Crippen LogP contribution >= 0.6 is 0 Å². The number of nitrogens with zero attached hydrogens (tertiary/aromatic N) is 2. The minimum Gasteiger partial charge on any atom is -0.508 e. The fourth-order valence-corrected chi connectivity index (χ4v) is 3.75. The van der Waals surface area contributed by atoms with Crippen LogP contribution in [0.15, 0.2) is 60.7 Å². The molecule has 0 bridgehead atoms. The molecule has 0 saturated heterocycles. The third kappa shape index (κ3) is 2.25. The lowest BCUT2D eigenvalue weighted by Crippen LogP contribution is -2.41. The number of anilines is 1. The minimum atomic E-state index is 0.179. The summed E-state index contributed by atoms with van der Waals surface area (Å²) in [6.45, 7) is 0.821. The van der Waals surface area contributed by atoms with Crippen LogP contribution in [0.1, 0.15) is 17.3 Å². The number of aromatic hydroxyl groups is 1. The fourth-order valence-electron chi connectivity index (χ4n) is 3.75. The second-order valence-electron chi connectivity index (χ2n) is 6.28. The Bertz CT molecular complexity index is 869. The standard InChI is InChI=1S/C20H20N2O/c1-21-13-15-12-16(23)10-11-19(15)22(2)20(21)18-9-5-7-14-6-3-4-8-17(14)18/h3-12,20,23H,13H2,1-2H3. The third-order valence-corrected chi connectivity index (χ3v) is 4.75. The maximum atomic E-state index is 9.75. The van der Waals surface area contributed by atoms with Gasteiger partial charge in [0.1, 0.15) is 11.9 Å². The molecule has 1 heterocycles. The minimum absolute atomic E-state index is 0.179. The van der Waals surface area contributed by atoms with Gasteiger partial charge in [-0.15, -0.1) is 0 Å². The number of phenols is 1. The summed E-state index contributed by atoms with van der Waals surface area (Å²) in [6, 6.07) is 20.7. The van der Waals surface area contributed by atoms with E-state index in [4.69, 9.17) is 0 Å². The highest BCUT2D eigenvalue weighted by molar-refractivity contribution is 5.86. The molecule has 3 nitrogen and oxygen atoms in total. The van der Waals surface area contributed by atoms with E-state index in [0.717, 1.165) is 12.1 Å². The first kappa shape index (κ1) is 14.1. The van der Waals surface area contributed by atoms with Crippen molar-refractivity contribution in [2.75, 3.05) is 19.0 Å². The summed E-state index contributed by atoms with van der Waals surface area (Å²) in [5.74, 6) is 0.328. The van der Waals surface area contributed by atoms with E-state index in [2.05, 4.69) is 66.4 Å². The molecule has 3 aromatic rings. The van der Waals surface area contributed by atoms with Crippen molar-refractivity contribution in [3.63, 3.8) is 0 Å². The van der Waals surface area contributed by atoms with E-state index in [9.17, 15) is 5.11 Å². The SMILES string of the molecule is CN1Cc2cc(O)ccc2N(C)C1c1cccc2ccccc12. The molecule has 0 spiro atoms. The molecule has 0 aliphatic carbocycles. The number of phenolic OH excluding ortho intramolecular Hbond substituents is 1. The Labute approximate surface area is 136 Å². The van der Waals surface area contributed by atoms with Gasteiger partial charge >= 0.3 is 0 Å². The predicted octanol–water partition coefficient (Wildman–Crippen LogP) is 4.13. The van der Waals surface area contributed by atoms with E-state index >= 15 is 0 Å². The van der Waals surface area contributed by atoms with Gasteiger partial charge in [-0.2, -0.15) is 0 Å². The second kappa shape index (κ2) is 5.28. The maximum absolute atomic E-state index is 9.75. The summed E-state index contributed by atoms with van der Waals surface area (Å²) in [5.41, 5.74) is 3.65. The van der Waals surface area contributed by atoms with E-state index in [0.29, 0.717) is 5.75 Å². The van der Waals surface area contributed by atoms with Crippen LogP contribution < -0.4 is 4.90 Å². The van der Waals surface area contributed by atoms with Gasteiger partial charge in [0.2, 0.25) is 0 Å². The average molecular weight is 304 g/mol. The van der Waals surface area contributed by atoms with Crippen LogP contribution in [0.4, 0.5) is 5.69 Å². The summed E-state index contributed by atoms with van der Waals surface area (Å²) in [4.78, 5) is 4.61. The van der Waals surface area contributed by atoms with Crippen molar-refractivity contribution in [3.8, 4) is 5.75 Å². The van der Waals surface area contributed by atoms with Crippen molar-refractivity contribution in [2.45, 2.75) is 12.7 Å². The van der Waals surface area contributed by atoms with Crippen LogP contribution in [0, 0.1) is 0 Å². The second-order valence-corrected chi connectivity index (χ2v) is 6.28. The van der Waals surface area contributed by atoms with Crippen molar-refractivity contribution in [1.82, 2.24) is 4.90 Å². The average Bonchev–Trinajstić information content (AvgIpc) is 2.54. The first-order chi connectivity index (χ1) is 11.1. The van der Waals surface area contributed by atoms with E-state index in [1.807, 2.05) is 12.1 Å². The smallest absolute Gasteiger partial charge is 0.116 e. The number of fused-ring (bicyclic) bond motifs is 2. The van der Waals surface area contributed by atoms with Crippen molar-refractivity contribution < 1.29 is 5.11 Å². The molecule has 1 unspecified atom stereocenters. The molecule has 1 atom stereocenters. The summed E-state index contributed by atoms with van der Waals surface area (Å²) in [5, 5.41) is 12.3. The molecule has 1 aliphatic heterocycles. The van der Waals surface area contributed by atoms with Gasteiger partial charge in [-0.05, 0) is 47.1 Å². The van der Waals surface area contributed by atoms with Crippen molar-refractivity contribution in [3.05, 3.63) is 71.8 Å². The topological polar surface area (TPSA) is 26.7 Å². The van der Waals surface area contributed by atoms with E-state index in [-0.39, 0.29) is 6.17 Å². The molecule has 116 valence electrons. The molecule has 0 amide bonds. The summed E-state index contributed by atoms with van der Waals surface area (Å²) in [7, 11) is 4.26. The van der Waals surface area contributed by atoms with Gasteiger partial charge in [0, 0.05) is 19.3 Å². The molecule has 0 saturated carbocycles. The molecular weight excluding hydrogens is 284 g/mol. The van der Waals surface area contributed by atoms with Gasteiger partial charge in [0.25, 0.3) is 0 Å². The third-order valence-electron chi connectivity index (χ3n) is 4.75. The molecule has 0 aromatic heterocycles. The molecular formula is C20H20N2O. The zero-order valence-corrected chi connectivity index (χ0v) is 13.4. The maximum Gasteiger partial charge on any atom is 0.116 e. The highest BCUT2D eigenvalue weighted by atomic mass is 16.3. The van der Waals surface area contributed by atoms with Gasteiger partial charge < -0.3 is 10.0 Å². The van der Waals surface area contributed by atoms with E-state index in [1.165, 1.54) is 22.0 Å². The van der Waals surface area contributed by atoms with Crippen LogP contribution in [0.5, 0.6) is 5.75 Å². The van der Waals surface area contributed by atoms with Crippen LogP contribution in [-0.4, -0.2) is 24.1 Å². The molecule has 23 heavy (non-hydrogen) atoms. The summed E-state index contributed by atoms with van der Waals surface area (Å²) in [6.07, 6.45) is 0.179. The Kier molecular flexibility index (Phi) is 3.24. The van der Waals surface area contributed by atoms with Gasteiger partial charge in [-0.1, -0.05) is 42.5 Å². The van der Waals surface area contributed by atoms with E-state index < -0.39 is 0 Å². The van der Waals surface area contributed by atoms with Crippen LogP contribution in [0.3, 0.4) is 0 Å². The van der Waals surface area contributed by atoms with E-state index in [1.54, 1.807) is 6.07 Å². The Morgan fingerprint density at radius 3 is 2.61 bits per heavy atom. The lowest BCUT2D eigenvalue weighted by Gasteiger charge is -2.43. The van der Waals surface area contributed by atoms with Crippen LogP contribution in [-0.2, 0) is 6.54 Å². The molecule has 1 N–H and O–H groups in total. The first-order valence-electron chi connectivity index (χ1n) is 7.88. The van der Waals surface area contributed by atoms with Crippen molar-refractivity contribution in [2.24, 2.45) is 0 Å². The number of hydrogen-bond donors (Lipinski definition) is 1. The number of benzene rings is 3. The Morgan fingerprint density at radius 1 is 0.957 bits per heavy atom. The quantitative estimate of drug-likeness (QED) is 0.732. The van der Waals surface area contributed by atoms with Crippen LogP contribution in [0.2, 0.25) is 0 Å². The molecule has 3 heteroatoms. The Balaban J connectivity index is 1.86. The molecule has 0 radical (unpaired) electrons. The van der Waals surface area contributed by atoms with Crippen molar-refractivity contribution >= 4 is 16.5 Å². The van der Waals surface area contributed by atoms with Gasteiger partial charge in [-0.25, -0.2) is 0 Å². The van der Waals surface area contributed by atoms with Gasteiger partial charge in [0.05, 0.1) is 0 Å². The lowest BCUT2D eigenvalue weighted by molar-refractivity contribution is 0.222. The Morgan fingerprint density at radius 2 is 1.74 bits per heavy atom. The monoisotopic (exact) mass is 304 g/mol. The zero-order valence-electron chi connectivity index (χ0n) is 13.4. The van der Waals surface area contributed by atoms with Gasteiger partial charge in [-0.3, -0.25) is 4.90 Å². The molecule has 1 aliphatic rings. The van der Waals surface area contributed by atoms with Crippen LogP contribution in [0.25, 0.3) is 10.8 Å². The number of rotatable bonds is 1. The summed E-state index contributed by atoms with van der Waals surface area (Å²) >= 11 is 0. The van der Waals surface area contributed by atoms with Gasteiger partial charge in [0.15, 0.2) is 0 Å². The highest BCUT2D eigenvalue weighted by Crippen LogP contribution is 2.39.